The Morgan fingerprint density at radius 1 is 0.480 bits per heavy atom. The van der Waals surface area contributed by atoms with E-state index >= 15 is 0 Å². The Kier molecular flexibility index (Phi) is 12.8. The van der Waals surface area contributed by atoms with Gasteiger partial charge in [0.2, 0.25) is 0 Å². The molecule has 25 heavy (non-hydrogen) atoms. The summed E-state index contributed by atoms with van der Waals surface area (Å²) in [7, 11) is 0. The van der Waals surface area contributed by atoms with Crippen LogP contribution in [0.15, 0.2) is 12.1 Å². The van der Waals surface area contributed by atoms with Gasteiger partial charge < -0.3 is 0 Å². The number of hydrogen-bond acceptors (Lipinski definition) is 0. The maximum atomic E-state index is 2.58. The second-order valence-electron chi connectivity index (χ2n) is 7.87. The second-order valence-corrected chi connectivity index (χ2v) is 7.87. The van der Waals surface area contributed by atoms with E-state index in [2.05, 4.69) is 39.8 Å². The zero-order chi connectivity index (χ0) is 18.3. The molecule has 0 atom stereocenters. The largest absolute Gasteiger partial charge is 0.0654 e. The van der Waals surface area contributed by atoms with Crippen LogP contribution in [-0.2, 0) is 25.7 Å². The summed E-state index contributed by atoms with van der Waals surface area (Å²) in [6.45, 7) is 9.26. The van der Waals surface area contributed by atoms with Crippen molar-refractivity contribution >= 4 is 0 Å². The van der Waals surface area contributed by atoms with Crippen LogP contribution in [0.25, 0.3) is 0 Å². The maximum Gasteiger partial charge on any atom is -0.0273 e. The third-order valence-electron chi connectivity index (χ3n) is 5.44. The third-order valence-corrected chi connectivity index (χ3v) is 5.44. The summed E-state index contributed by atoms with van der Waals surface area (Å²) < 4.78 is 0. The number of hydrogen-bond donors (Lipinski definition) is 0. The fraction of sp³-hybridized carbons (Fsp3) is 0.760. The molecule has 1 aromatic rings. The van der Waals surface area contributed by atoms with Gasteiger partial charge in [0.1, 0.15) is 0 Å². The lowest BCUT2D eigenvalue weighted by Gasteiger charge is -2.18. The first-order chi connectivity index (χ1) is 12.3. The van der Waals surface area contributed by atoms with Gasteiger partial charge in [-0.25, -0.2) is 0 Å². The molecule has 0 heterocycles. The summed E-state index contributed by atoms with van der Waals surface area (Å²) in [4.78, 5) is 0. The average molecular weight is 345 g/mol. The molecule has 144 valence electrons. The van der Waals surface area contributed by atoms with Gasteiger partial charge in [-0.15, -0.1) is 0 Å². The van der Waals surface area contributed by atoms with E-state index in [1.807, 2.05) is 0 Å². The van der Waals surface area contributed by atoms with Crippen LogP contribution in [0.1, 0.15) is 121 Å². The zero-order valence-corrected chi connectivity index (χ0v) is 17.8. The molecule has 0 saturated heterocycles. The second kappa shape index (κ2) is 14.4. The molecule has 0 radical (unpaired) electrons. The van der Waals surface area contributed by atoms with E-state index in [9.17, 15) is 0 Å². The highest BCUT2D eigenvalue weighted by Gasteiger charge is 2.11. The molecule has 0 amide bonds. The average Bonchev–Trinajstić information content (AvgIpc) is 2.62. The van der Waals surface area contributed by atoms with E-state index in [-0.39, 0.29) is 0 Å². The topological polar surface area (TPSA) is 0 Å². The van der Waals surface area contributed by atoms with Crippen LogP contribution in [0.5, 0.6) is 0 Å². The molecule has 0 aliphatic carbocycles. The molecule has 0 spiro atoms. The number of benzene rings is 1. The van der Waals surface area contributed by atoms with E-state index in [0.29, 0.717) is 0 Å². The molecule has 0 nitrogen and oxygen atoms in total. The minimum atomic E-state index is 1.27. The molecule has 0 bridgehead atoms. The Hall–Kier alpha value is -0.780. The lowest BCUT2D eigenvalue weighted by atomic mass is 9.87. The fourth-order valence-corrected chi connectivity index (χ4v) is 3.84. The SMILES string of the molecule is CCCCCc1cc(CCCC)cc(CCCCC)c1CCCCC. The normalized spacial score (nSPS) is 11.2. The van der Waals surface area contributed by atoms with Crippen LogP contribution < -0.4 is 0 Å². The number of aryl methyl sites for hydroxylation is 3. The molecule has 0 N–H and O–H groups in total. The van der Waals surface area contributed by atoms with Crippen molar-refractivity contribution in [1.29, 1.82) is 0 Å². The van der Waals surface area contributed by atoms with Gasteiger partial charge in [0, 0.05) is 0 Å². The summed E-state index contributed by atoms with van der Waals surface area (Å²) >= 11 is 0. The van der Waals surface area contributed by atoms with Crippen molar-refractivity contribution in [2.45, 2.75) is 124 Å². The molecule has 0 saturated carbocycles. The highest BCUT2D eigenvalue weighted by atomic mass is 14.2. The Bertz CT molecular complexity index is 412. The van der Waals surface area contributed by atoms with Gasteiger partial charge >= 0.3 is 0 Å². The van der Waals surface area contributed by atoms with Crippen LogP contribution in [0.2, 0.25) is 0 Å². The summed E-state index contributed by atoms with van der Waals surface area (Å²) in [6.07, 6.45) is 20.0. The van der Waals surface area contributed by atoms with Crippen molar-refractivity contribution in [3.63, 3.8) is 0 Å². The van der Waals surface area contributed by atoms with Crippen LogP contribution in [-0.4, -0.2) is 0 Å². The smallest absolute Gasteiger partial charge is 0.0273 e. The molecule has 0 aliphatic rings. The highest BCUT2D eigenvalue weighted by Crippen LogP contribution is 2.25. The highest BCUT2D eigenvalue weighted by molar-refractivity contribution is 5.40. The molecule has 0 aromatic heterocycles. The van der Waals surface area contributed by atoms with Crippen LogP contribution in [0.4, 0.5) is 0 Å². The van der Waals surface area contributed by atoms with Gasteiger partial charge in [0.15, 0.2) is 0 Å². The van der Waals surface area contributed by atoms with Crippen LogP contribution >= 0.6 is 0 Å². The third kappa shape index (κ3) is 8.93. The summed E-state index contributed by atoms with van der Waals surface area (Å²) in [5.41, 5.74) is 6.74. The Morgan fingerprint density at radius 3 is 1.36 bits per heavy atom. The van der Waals surface area contributed by atoms with Crippen LogP contribution in [0, 0.1) is 0 Å². The van der Waals surface area contributed by atoms with E-state index in [1.54, 1.807) is 22.3 Å². The summed E-state index contributed by atoms with van der Waals surface area (Å²) in [5.74, 6) is 0. The lowest BCUT2D eigenvalue weighted by Crippen LogP contribution is -2.04. The van der Waals surface area contributed by atoms with Crippen molar-refractivity contribution in [3.8, 4) is 0 Å². The van der Waals surface area contributed by atoms with Gasteiger partial charge in [-0.1, -0.05) is 84.8 Å². The van der Waals surface area contributed by atoms with Gasteiger partial charge in [-0.05, 0) is 73.6 Å². The molecule has 0 unspecified atom stereocenters. The van der Waals surface area contributed by atoms with Crippen molar-refractivity contribution in [2.24, 2.45) is 0 Å². The molecule has 0 heteroatoms. The Labute approximate surface area is 158 Å². The quantitative estimate of drug-likeness (QED) is 0.281. The minimum absolute atomic E-state index is 1.27. The van der Waals surface area contributed by atoms with Crippen molar-refractivity contribution in [3.05, 3.63) is 34.4 Å². The van der Waals surface area contributed by atoms with Crippen molar-refractivity contribution in [2.75, 3.05) is 0 Å². The first-order valence-electron chi connectivity index (χ1n) is 11.4. The first-order valence-corrected chi connectivity index (χ1v) is 11.4. The van der Waals surface area contributed by atoms with E-state index in [4.69, 9.17) is 0 Å². The molecular formula is C25H44. The van der Waals surface area contributed by atoms with Gasteiger partial charge in [-0.3, -0.25) is 0 Å². The van der Waals surface area contributed by atoms with Gasteiger partial charge in [0.05, 0.1) is 0 Å². The molecule has 1 aromatic carbocycles. The van der Waals surface area contributed by atoms with E-state index in [1.165, 1.54) is 96.3 Å². The monoisotopic (exact) mass is 344 g/mol. The lowest BCUT2D eigenvalue weighted by molar-refractivity contribution is 0.675. The van der Waals surface area contributed by atoms with Crippen molar-refractivity contribution in [1.82, 2.24) is 0 Å². The van der Waals surface area contributed by atoms with E-state index < -0.39 is 0 Å². The van der Waals surface area contributed by atoms with Crippen LogP contribution in [0.3, 0.4) is 0 Å². The summed E-state index contributed by atoms with van der Waals surface area (Å²) in [6, 6.07) is 5.16. The van der Waals surface area contributed by atoms with Gasteiger partial charge in [-0.2, -0.15) is 0 Å². The maximum absolute atomic E-state index is 2.58. The number of rotatable bonds is 15. The Morgan fingerprint density at radius 2 is 0.920 bits per heavy atom. The predicted octanol–water partition coefficient (Wildman–Crippen LogP) is 8.23. The molecular weight excluding hydrogens is 300 g/mol. The first kappa shape index (κ1) is 22.3. The van der Waals surface area contributed by atoms with E-state index in [0.717, 1.165) is 0 Å². The fourth-order valence-electron chi connectivity index (χ4n) is 3.84. The standard InChI is InChI=1S/C25H44/c1-5-9-13-17-23-20-22(16-12-8-4)21-24(18-14-10-6-2)25(23)19-15-11-7-3/h20-21H,5-19H2,1-4H3. The molecule has 0 aliphatic heterocycles. The zero-order valence-electron chi connectivity index (χ0n) is 17.8. The van der Waals surface area contributed by atoms with Crippen molar-refractivity contribution < 1.29 is 0 Å². The predicted molar refractivity (Wildman–Crippen MR) is 115 cm³/mol. The number of unbranched alkanes of at least 4 members (excludes halogenated alkanes) is 7. The minimum Gasteiger partial charge on any atom is -0.0654 e. The van der Waals surface area contributed by atoms with Gasteiger partial charge in [0.25, 0.3) is 0 Å². The molecule has 0 fully saturated rings. The Balaban J connectivity index is 3.02. The summed E-state index contributed by atoms with van der Waals surface area (Å²) in [5, 5.41) is 0. The molecule has 1 rings (SSSR count).